The third kappa shape index (κ3) is 8.00. The van der Waals surface area contributed by atoms with Crippen molar-refractivity contribution in [1.29, 1.82) is 0 Å². The highest BCUT2D eigenvalue weighted by Gasteiger charge is 2.31. The SMILES string of the molecule is CN(C)C(=O)c1cc2cnc(Nc3ccc(N4CCN(CCC5CCN(c6ccc(F)c(C7CCC(=O)NC7=O)c6)CC5)CC4)cn3)nc2n1C1CCCC1. The number of hydrogen-bond acceptors (Lipinski definition) is 10. The normalized spacial score (nSPS) is 20.3. The van der Waals surface area contributed by atoms with E-state index in [4.69, 9.17) is 9.97 Å². The molecule has 1 saturated carbocycles. The Labute approximate surface area is 321 Å². The van der Waals surface area contributed by atoms with Crippen molar-refractivity contribution in [3.63, 3.8) is 0 Å². The number of pyridine rings is 1. The zero-order valence-corrected chi connectivity index (χ0v) is 31.8. The number of halogens is 1. The van der Waals surface area contributed by atoms with Crippen molar-refractivity contribution in [2.75, 3.05) is 75.0 Å². The van der Waals surface area contributed by atoms with Gasteiger partial charge >= 0.3 is 0 Å². The molecule has 0 radical (unpaired) electrons. The van der Waals surface area contributed by atoms with E-state index in [0.717, 1.165) is 113 Å². The second kappa shape index (κ2) is 15.9. The number of piperazine rings is 1. The highest BCUT2D eigenvalue weighted by atomic mass is 19.1. The van der Waals surface area contributed by atoms with Gasteiger partial charge in [-0.3, -0.25) is 24.6 Å². The van der Waals surface area contributed by atoms with E-state index in [0.29, 0.717) is 35.4 Å². The molecule has 2 N–H and O–H groups in total. The van der Waals surface area contributed by atoms with Gasteiger partial charge in [-0.05, 0) is 87.4 Å². The van der Waals surface area contributed by atoms with Gasteiger partial charge in [0.1, 0.15) is 23.0 Å². The minimum atomic E-state index is -0.623. The van der Waals surface area contributed by atoms with Gasteiger partial charge < -0.3 is 24.6 Å². The van der Waals surface area contributed by atoms with E-state index in [1.807, 2.05) is 24.4 Å². The van der Waals surface area contributed by atoms with Crippen LogP contribution in [0.2, 0.25) is 0 Å². The van der Waals surface area contributed by atoms with Crippen molar-refractivity contribution in [2.45, 2.75) is 69.7 Å². The molecule has 14 heteroatoms. The molecule has 0 bridgehead atoms. The molecule has 3 amide bonds. The van der Waals surface area contributed by atoms with Crippen molar-refractivity contribution >= 4 is 51.9 Å². The molecule has 8 rings (SSSR count). The second-order valence-electron chi connectivity index (χ2n) is 15.8. The number of nitrogens with one attached hydrogen (secondary N) is 2. The van der Waals surface area contributed by atoms with E-state index in [1.54, 1.807) is 31.3 Å². The number of anilines is 4. The molecule has 6 heterocycles. The van der Waals surface area contributed by atoms with Crippen molar-refractivity contribution in [1.82, 2.24) is 34.6 Å². The first-order valence-electron chi connectivity index (χ1n) is 19.9. The first kappa shape index (κ1) is 36.8. The molecule has 3 aromatic heterocycles. The van der Waals surface area contributed by atoms with Gasteiger partial charge in [0, 0.05) is 88.7 Å². The third-order valence-corrected chi connectivity index (χ3v) is 12.0. The zero-order valence-electron chi connectivity index (χ0n) is 31.8. The number of carbonyl (C=O) groups excluding carboxylic acids is 3. The molecule has 3 saturated heterocycles. The van der Waals surface area contributed by atoms with Gasteiger partial charge in [-0.15, -0.1) is 0 Å². The zero-order chi connectivity index (χ0) is 38.1. The fraction of sp³-hybridized carbons (Fsp3) is 0.512. The number of carbonyl (C=O) groups is 3. The average molecular weight is 751 g/mol. The van der Waals surface area contributed by atoms with Crippen LogP contribution in [0.5, 0.6) is 0 Å². The average Bonchev–Trinajstić information content (AvgIpc) is 3.86. The lowest BCUT2D eigenvalue weighted by atomic mass is 9.89. The van der Waals surface area contributed by atoms with Crippen LogP contribution in [0.25, 0.3) is 11.0 Å². The maximum atomic E-state index is 14.8. The van der Waals surface area contributed by atoms with E-state index in [-0.39, 0.29) is 24.3 Å². The predicted octanol–water partition coefficient (Wildman–Crippen LogP) is 5.47. The van der Waals surface area contributed by atoms with Crippen LogP contribution in [0.15, 0.2) is 48.8 Å². The topological polar surface area (TPSA) is 132 Å². The molecule has 1 atom stereocenters. The quantitative estimate of drug-likeness (QED) is 0.201. The molecule has 4 aliphatic rings. The Morgan fingerprint density at radius 1 is 0.891 bits per heavy atom. The molecule has 1 aliphatic carbocycles. The standard InChI is InChI=1S/C41H51FN10O3/c1-48(2)40(55)35-23-28-25-44-41(47-38(28)52(35)29-5-3-4-6-29)45-36-11-8-31(26-43-36)51-21-19-49(20-22-51)16-13-27-14-17-50(18-15-27)30-7-10-34(42)33(24-30)32-9-12-37(53)46-39(32)54/h7-8,10-11,23-27,29,32H,3-6,9,12-22H2,1-2H3,(H,46,53,54)(H,43,44,45,47). The summed E-state index contributed by atoms with van der Waals surface area (Å²) in [5.41, 5.74) is 3.87. The molecular formula is C41H51FN10O3. The molecule has 13 nitrogen and oxygen atoms in total. The fourth-order valence-electron chi connectivity index (χ4n) is 8.82. The lowest BCUT2D eigenvalue weighted by molar-refractivity contribution is -0.134. The second-order valence-corrected chi connectivity index (χ2v) is 15.8. The number of hydrogen-bond donors (Lipinski definition) is 2. The number of amides is 3. The van der Waals surface area contributed by atoms with E-state index in [9.17, 15) is 18.8 Å². The first-order chi connectivity index (χ1) is 26.7. The third-order valence-electron chi connectivity index (χ3n) is 12.0. The monoisotopic (exact) mass is 750 g/mol. The molecule has 55 heavy (non-hydrogen) atoms. The number of benzene rings is 1. The summed E-state index contributed by atoms with van der Waals surface area (Å²) in [4.78, 5) is 60.1. The number of rotatable bonds is 10. The summed E-state index contributed by atoms with van der Waals surface area (Å²) in [5, 5.41) is 6.50. The molecule has 290 valence electrons. The summed E-state index contributed by atoms with van der Waals surface area (Å²) in [6, 6.07) is 11.3. The van der Waals surface area contributed by atoms with Gasteiger partial charge in [0.2, 0.25) is 17.8 Å². The highest BCUT2D eigenvalue weighted by molar-refractivity contribution is 6.01. The number of nitrogens with zero attached hydrogens (tertiary/aromatic N) is 8. The smallest absolute Gasteiger partial charge is 0.270 e. The van der Waals surface area contributed by atoms with Crippen LogP contribution in [0.4, 0.5) is 27.5 Å². The predicted molar refractivity (Wildman–Crippen MR) is 210 cm³/mol. The van der Waals surface area contributed by atoms with Crippen molar-refractivity contribution in [3.05, 3.63) is 65.9 Å². The summed E-state index contributed by atoms with van der Waals surface area (Å²) in [5.74, 6) is 0.0434. The van der Waals surface area contributed by atoms with Crippen molar-refractivity contribution in [3.8, 4) is 0 Å². The molecule has 1 unspecified atom stereocenters. The molecule has 4 aromatic rings. The van der Waals surface area contributed by atoms with E-state index in [2.05, 4.69) is 41.0 Å². The van der Waals surface area contributed by atoms with Crippen LogP contribution in [0.3, 0.4) is 0 Å². The minimum Gasteiger partial charge on any atom is -0.372 e. The lowest BCUT2D eigenvalue weighted by Crippen LogP contribution is -2.47. The van der Waals surface area contributed by atoms with Crippen LogP contribution in [0, 0.1) is 11.7 Å². The Bertz CT molecular complexity index is 2030. The number of fused-ring (bicyclic) bond motifs is 1. The maximum absolute atomic E-state index is 14.8. The van der Waals surface area contributed by atoms with E-state index >= 15 is 0 Å². The summed E-state index contributed by atoms with van der Waals surface area (Å²) >= 11 is 0. The van der Waals surface area contributed by atoms with Crippen LogP contribution in [-0.2, 0) is 9.59 Å². The Balaban J connectivity index is 0.806. The van der Waals surface area contributed by atoms with Gasteiger partial charge in [-0.2, -0.15) is 4.98 Å². The number of imide groups is 1. The van der Waals surface area contributed by atoms with Gasteiger partial charge in [0.25, 0.3) is 5.91 Å². The van der Waals surface area contributed by atoms with Gasteiger partial charge in [0.15, 0.2) is 0 Å². The summed E-state index contributed by atoms with van der Waals surface area (Å²) in [7, 11) is 3.56. The van der Waals surface area contributed by atoms with Crippen molar-refractivity contribution < 1.29 is 18.8 Å². The Kier molecular flexibility index (Phi) is 10.7. The fourth-order valence-corrected chi connectivity index (χ4v) is 8.82. The van der Waals surface area contributed by atoms with Crippen LogP contribution >= 0.6 is 0 Å². The molecule has 1 aromatic carbocycles. The lowest BCUT2D eigenvalue weighted by Gasteiger charge is -2.38. The van der Waals surface area contributed by atoms with E-state index < -0.39 is 17.6 Å². The van der Waals surface area contributed by atoms with Crippen LogP contribution in [-0.4, -0.2) is 107 Å². The van der Waals surface area contributed by atoms with Crippen LogP contribution < -0.4 is 20.4 Å². The van der Waals surface area contributed by atoms with Gasteiger partial charge in [-0.25, -0.2) is 14.4 Å². The highest BCUT2D eigenvalue weighted by Crippen LogP contribution is 2.36. The maximum Gasteiger partial charge on any atom is 0.270 e. The summed E-state index contributed by atoms with van der Waals surface area (Å²) < 4.78 is 16.9. The van der Waals surface area contributed by atoms with E-state index in [1.165, 1.54) is 6.07 Å². The Hall–Kier alpha value is -5.11. The van der Waals surface area contributed by atoms with Gasteiger partial charge in [-0.1, -0.05) is 12.8 Å². The molecule has 0 spiro atoms. The van der Waals surface area contributed by atoms with Crippen LogP contribution in [0.1, 0.15) is 85.8 Å². The van der Waals surface area contributed by atoms with Gasteiger partial charge in [0.05, 0.1) is 17.8 Å². The largest absolute Gasteiger partial charge is 0.372 e. The molecule has 4 fully saturated rings. The number of piperidine rings is 2. The first-order valence-corrected chi connectivity index (χ1v) is 19.9. The molecular weight excluding hydrogens is 700 g/mol. The molecule has 3 aliphatic heterocycles. The number of aromatic nitrogens is 4. The summed E-state index contributed by atoms with van der Waals surface area (Å²) in [6.07, 6.45) is 12.0. The minimum absolute atomic E-state index is 0.0245. The Morgan fingerprint density at radius 3 is 2.35 bits per heavy atom. The Morgan fingerprint density at radius 2 is 1.64 bits per heavy atom. The summed E-state index contributed by atoms with van der Waals surface area (Å²) in [6.45, 7) is 6.79. The van der Waals surface area contributed by atoms with Crippen molar-refractivity contribution in [2.24, 2.45) is 5.92 Å².